The smallest absolute Gasteiger partial charge is 0.416 e. The lowest BCUT2D eigenvalue weighted by molar-refractivity contribution is -0.137. The number of nitrogens with one attached hydrogen (secondary N) is 1. The van der Waals surface area contributed by atoms with Gasteiger partial charge in [0.1, 0.15) is 12.4 Å². The number of benzene rings is 2. The van der Waals surface area contributed by atoms with Crippen molar-refractivity contribution in [2.75, 3.05) is 13.2 Å². The second-order valence-electron chi connectivity index (χ2n) is 5.80. The van der Waals surface area contributed by atoms with Crippen molar-refractivity contribution < 1.29 is 22.7 Å². The number of rotatable bonds is 7. The second-order valence-corrected chi connectivity index (χ2v) is 6.91. The maximum atomic E-state index is 12.5. The number of carbonyl (C=O) groups excluding carboxylic acids is 1. The van der Waals surface area contributed by atoms with Crippen molar-refractivity contribution in [2.45, 2.75) is 19.0 Å². The Bertz CT molecular complexity index is 874. The third kappa shape index (κ3) is 5.43. The molecule has 2 aromatic carbocycles. The largest absolute Gasteiger partial charge is 0.492 e. The summed E-state index contributed by atoms with van der Waals surface area (Å²) in [6.07, 6.45) is -3.49. The third-order valence-electron chi connectivity index (χ3n) is 3.78. The molecular formula is C19H17F3N2O2S. The molecule has 8 heteroatoms. The SMILES string of the molecule is O=C(CCc1nc2ccccc2s1)NCCOc1ccc(C(F)(F)F)cc1. The maximum absolute atomic E-state index is 12.5. The molecular weight excluding hydrogens is 377 g/mol. The van der Waals surface area contributed by atoms with Gasteiger partial charge in [0.2, 0.25) is 5.91 Å². The molecule has 1 aromatic heterocycles. The van der Waals surface area contributed by atoms with E-state index in [1.165, 1.54) is 12.1 Å². The number of aryl methyl sites for hydroxylation is 1. The van der Waals surface area contributed by atoms with E-state index in [-0.39, 0.29) is 19.1 Å². The molecule has 27 heavy (non-hydrogen) atoms. The second kappa shape index (κ2) is 8.39. The van der Waals surface area contributed by atoms with Crippen LogP contribution in [0.2, 0.25) is 0 Å². The van der Waals surface area contributed by atoms with Crippen molar-refractivity contribution in [1.29, 1.82) is 0 Å². The molecule has 0 unspecified atom stereocenters. The van der Waals surface area contributed by atoms with Gasteiger partial charge in [-0.3, -0.25) is 4.79 Å². The topological polar surface area (TPSA) is 51.2 Å². The first-order chi connectivity index (χ1) is 12.9. The highest BCUT2D eigenvalue weighted by atomic mass is 32.1. The van der Waals surface area contributed by atoms with Crippen molar-refractivity contribution in [3.05, 3.63) is 59.1 Å². The molecule has 0 aliphatic rings. The number of ether oxygens (including phenoxy) is 1. The van der Waals surface area contributed by atoms with Gasteiger partial charge in [-0.15, -0.1) is 11.3 Å². The fraction of sp³-hybridized carbons (Fsp3) is 0.263. The van der Waals surface area contributed by atoms with Gasteiger partial charge in [-0.25, -0.2) is 4.98 Å². The summed E-state index contributed by atoms with van der Waals surface area (Å²) >= 11 is 1.57. The van der Waals surface area contributed by atoms with Crippen molar-refractivity contribution >= 4 is 27.5 Å². The Balaban J connectivity index is 1.37. The molecule has 4 nitrogen and oxygen atoms in total. The molecule has 3 aromatic rings. The standard InChI is InChI=1S/C19H17F3N2O2S/c20-19(21,22)13-5-7-14(8-6-13)26-12-11-23-17(25)9-10-18-24-15-3-1-2-4-16(15)27-18/h1-8H,9-12H2,(H,23,25). The number of fused-ring (bicyclic) bond motifs is 1. The molecule has 142 valence electrons. The molecule has 0 radical (unpaired) electrons. The summed E-state index contributed by atoms with van der Waals surface area (Å²) in [5.41, 5.74) is 0.209. The van der Waals surface area contributed by atoms with E-state index in [0.717, 1.165) is 27.4 Å². The van der Waals surface area contributed by atoms with Gasteiger partial charge < -0.3 is 10.1 Å². The number of amides is 1. The number of para-hydroxylation sites is 1. The van der Waals surface area contributed by atoms with Gasteiger partial charge in [-0.05, 0) is 36.4 Å². The minimum atomic E-state index is -4.37. The normalized spacial score (nSPS) is 11.5. The van der Waals surface area contributed by atoms with E-state index in [0.29, 0.717) is 18.6 Å². The lowest BCUT2D eigenvalue weighted by Gasteiger charge is -2.09. The van der Waals surface area contributed by atoms with Crippen LogP contribution in [0, 0.1) is 0 Å². The zero-order valence-electron chi connectivity index (χ0n) is 14.3. The predicted octanol–water partition coefficient (Wildman–Crippen LogP) is 4.44. The Labute approximate surface area is 158 Å². The Morgan fingerprint density at radius 2 is 1.85 bits per heavy atom. The van der Waals surface area contributed by atoms with E-state index >= 15 is 0 Å². The average molecular weight is 394 g/mol. The molecule has 1 heterocycles. The zero-order chi connectivity index (χ0) is 19.3. The summed E-state index contributed by atoms with van der Waals surface area (Å²) in [6, 6.07) is 12.3. The summed E-state index contributed by atoms with van der Waals surface area (Å²) in [7, 11) is 0. The summed E-state index contributed by atoms with van der Waals surface area (Å²) in [5, 5.41) is 3.64. The van der Waals surface area contributed by atoms with Gasteiger partial charge in [-0.2, -0.15) is 13.2 Å². The first kappa shape index (κ1) is 19.2. The molecule has 0 bridgehead atoms. The van der Waals surface area contributed by atoms with Crippen LogP contribution in [0.3, 0.4) is 0 Å². The molecule has 0 spiro atoms. The van der Waals surface area contributed by atoms with Gasteiger partial charge in [0.25, 0.3) is 0 Å². The molecule has 0 aliphatic carbocycles. The Morgan fingerprint density at radius 3 is 2.56 bits per heavy atom. The number of thiazole rings is 1. The van der Waals surface area contributed by atoms with E-state index in [9.17, 15) is 18.0 Å². The van der Waals surface area contributed by atoms with Crippen molar-refractivity contribution in [2.24, 2.45) is 0 Å². The van der Waals surface area contributed by atoms with Crippen LogP contribution >= 0.6 is 11.3 Å². The van der Waals surface area contributed by atoms with Crippen LogP contribution in [0.1, 0.15) is 17.0 Å². The first-order valence-electron chi connectivity index (χ1n) is 8.33. The van der Waals surface area contributed by atoms with Gasteiger partial charge in [0.05, 0.1) is 27.3 Å². The molecule has 3 rings (SSSR count). The Kier molecular flexibility index (Phi) is 5.95. The number of hydrogen-bond donors (Lipinski definition) is 1. The van der Waals surface area contributed by atoms with Gasteiger partial charge in [0, 0.05) is 12.8 Å². The molecule has 0 fully saturated rings. The monoisotopic (exact) mass is 394 g/mol. The number of alkyl halides is 3. The lowest BCUT2D eigenvalue weighted by atomic mass is 10.2. The van der Waals surface area contributed by atoms with Crippen molar-refractivity contribution in [3.8, 4) is 5.75 Å². The van der Waals surface area contributed by atoms with Crippen molar-refractivity contribution in [3.63, 3.8) is 0 Å². The predicted molar refractivity (Wildman–Crippen MR) is 97.9 cm³/mol. The van der Waals surface area contributed by atoms with E-state index in [4.69, 9.17) is 4.74 Å². The highest BCUT2D eigenvalue weighted by molar-refractivity contribution is 7.18. The van der Waals surface area contributed by atoms with E-state index in [1.807, 2.05) is 24.3 Å². The number of nitrogens with zero attached hydrogens (tertiary/aromatic N) is 1. The van der Waals surface area contributed by atoms with Crippen LogP contribution in [0.25, 0.3) is 10.2 Å². The molecule has 0 saturated carbocycles. The van der Waals surface area contributed by atoms with Crippen LogP contribution in [0.15, 0.2) is 48.5 Å². The van der Waals surface area contributed by atoms with Crippen LogP contribution in [-0.2, 0) is 17.4 Å². The summed E-state index contributed by atoms with van der Waals surface area (Å²) < 4.78 is 43.9. The van der Waals surface area contributed by atoms with Crippen LogP contribution in [0.5, 0.6) is 5.75 Å². The quantitative estimate of drug-likeness (QED) is 0.603. The fourth-order valence-corrected chi connectivity index (χ4v) is 3.40. The molecule has 1 N–H and O–H groups in total. The Hall–Kier alpha value is -2.61. The zero-order valence-corrected chi connectivity index (χ0v) is 15.1. The van der Waals surface area contributed by atoms with Crippen molar-refractivity contribution in [1.82, 2.24) is 10.3 Å². The number of halogens is 3. The number of hydrogen-bond acceptors (Lipinski definition) is 4. The molecule has 0 aliphatic heterocycles. The first-order valence-corrected chi connectivity index (χ1v) is 9.15. The minimum absolute atomic E-state index is 0.120. The number of aromatic nitrogens is 1. The Morgan fingerprint density at radius 1 is 1.11 bits per heavy atom. The van der Waals surface area contributed by atoms with Gasteiger partial charge in [-0.1, -0.05) is 12.1 Å². The molecule has 1 amide bonds. The minimum Gasteiger partial charge on any atom is -0.492 e. The van der Waals surface area contributed by atoms with E-state index in [1.54, 1.807) is 11.3 Å². The lowest BCUT2D eigenvalue weighted by Crippen LogP contribution is -2.28. The van der Waals surface area contributed by atoms with Gasteiger partial charge >= 0.3 is 6.18 Å². The summed E-state index contributed by atoms with van der Waals surface area (Å²) in [4.78, 5) is 16.4. The average Bonchev–Trinajstić information content (AvgIpc) is 3.06. The van der Waals surface area contributed by atoms with E-state index in [2.05, 4.69) is 10.3 Å². The fourth-order valence-electron chi connectivity index (χ4n) is 2.44. The highest BCUT2D eigenvalue weighted by Gasteiger charge is 2.29. The number of carbonyl (C=O) groups is 1. The molecule has 0 atom stereocenters. The summed E-state index contributed by atoms with van der Waals surface area (Å²) in [5.74, 6) is 0.206. The van der Waals surface area contributed by atoms with Crippen LogP contribution in [0.4, 0.5) is 13.2 Å². The van der Waals surface area contributed by atoms with E-state index < -0.39 is 11.7 Å². The van der Waals surface area contributed by atoms with Crippen LogP contribution < -0.4 is 10.1 Å². The summed E-state index contributed by atoms with van der Waals surface area (Å²) in [6.45, 7) is 0.456. The van der Waals surface area contributed by atoms with Crippen LogP contribution in [-0.4, -0.2) is 24.0 Å². The van der Waals surface area contributed by atoms with Gasteiger partial charge in [0.15, 0.2) is 0 Å². The maximum Gasteiger partial charge on any atom is 0.416 e. The molecule has 0 saturated heterocycles. The highest BCUT2D eigenvalue weighted by Crippen LogP contribution is 2.30. The third-order valence-corrected chi connectivity index (χ3v) is 4.87.